The summed E-state index contributed by atoms with van der Waals surface area (Å²) in [7, 11) is -0.389. The Balaban J connectivity index is 1.67. The van der Waals surface area contributed by atoms with Crippen molar-refractivity contribution in [2.24, 2.45) is 0 Å². The highest BCUT2D eigenvalue weighted by Gasteiger charge is 2.52. The van der Waals surface area contributed by atoms with E-state index in [1.165, 1.54) is 6.42 Å². The minimum Gasteiger partial charge on any atom is -0.399 e. The third-order valence-corrected chi connectivity index (χ3v) is 6.47. The molecule has 5 heteroatoms. The summed E-state index contributed by atoms with van der Waals surface area (Å²) in [4.78, 5) is 12.7. The van der Waals surface area contributed by atoms with Crippen LogP contribution in [0.5, 0.6) is 0 Å². The van der Waals surface area contributed by atoms with Gasteiger partial charge in [0.05, 0.1) is 16.6 Å². The number of hydrogen-bond acceptors (Lipinski definition) is 3. The Morgan fingerprint density at radius 2 is 1.62 bits per heavy atom. The van der Waals surface area contributed by atoms with Crippen molar-refractivity contribution in [2.45, 2.75) is 76.4 Å². The highest BCUT2D eigenvalue weighted by Crippen LogP contribution is 2.47. The number of carbonyl (C=O) groups is 1. The molecule has 0 radical (unpaired) electrons. The van der Waals surface area contributed by atoms with Gasteiger partial charge in [0.25, 0.3) is 0 Å². The SMILES string of the molecule is CC1(C)OB(c2ccc3c(c2)NC(=O)C32CCCCC2)OC1(C)C. The first-order valence-corrected chi connectivity index (χ1v) is 9.07. The second-order valence-electron chi connectivity index (χ2n) is 8.49. The minimum atomic E-state index is -0.389. The second-order valence-corrected chi connectivity index (χ2v) is 8.49. The lowest BCUT2D eigenvalue weighted by Crippen LogP contribution is -2.41. The number of amides is 1. The molecule has 0 atom stereocenters. The van der Waals surface area contributed by atoms with Crippen LogP contribution in [0.2, 0.25) is 0 Å². The summed E-state index contributed by atoms with van der Waals surface area (Å²) >= 11 is 0. The lowest BCUT2D eigenvalue weighted by molar-refractivity contribution is -0.121. The van der Waals surface area contributed by atoms with Gasteiger partial charge in [-0.1, -0.05) is 31.4 Å². The van der Waals surface area contributed by atoms with Crippen LogP contribution in [0.3, 0.4) is 0 Å². The van der Waals surface area contributed by atoms with Gasteiger partial charge in [0, 0.05) is 5.69 Å². The van der Waals surface area contributed by atoms with Gasteiger partial charge in [0.2, 0.25) is 5.91 Å². The Kier molecular flexibility index (Phi) is 3.43. The fraction of sp³-hybridized carbons (Fsp3) is 0.632. The largest absolute Gasteiger partial charge is 0.494 e. The van der Waals surface area contributed by atoms with Crippen molar-refractivity contribution in [2.75, 3.05) is 5.32 Å². The van der Waals surface area contributed by atoms with Crippen LogP contribution in [0.15, 0.2) is 18.2 Å². The van der Waals surface area contributed by atoms with Crippen LogP contribution in [0.1, 0.15) is 65.4 Å². The maximum atomic E-state index is 12.7. The fourth-order valence-corrected chi connectivity index (χ4v) is 4.22. The molecule has 2 fully saturated rings. The van der Waals surface area contributed by atoms with E-state index in [1.807, 2.05) is 6.07 Å². The summed E-state index contributed by atoms with van der Waals surface area (Å²) in [6.45, 7) is 8.22. The average molecular weight is 327 g/mol. The molecular formula is C19H26BNO3. The van der Waals surface area contributed by atoms with E-state index >= 15 is 0 Å². The summed E-state index contributed by atoms with van der Waals surface area (Å²) in [5.41, 5.74) is 2.05. The number of benzene rings is 1. The Hall–Kier alpha value is -1.33. The normalized spacial score (nSPS) is 26.5. The lowest BCUT2D eigenvalue weighted by atomic mass is 9.69. The van der Waals surface area contributed by atoms with E-state index in [0.29, 0.717) is 0 Å². The van der Waals surface area contributed by atoms with E-state index in [2.05, 4.69) is 45.1 Å². The molecule has 1 aliphatic carbocycles. The van der Waals surface area contributed by atoms with Gasteiger partial charge in [-0.25, -0.2) is 0 Å². The predicted molar refractivity (Wildman–Crippen MR) is 95.6 cm³/mol. The number of hydrogen-bond donors (Lipinski definition) is 1. The molecule has 1 amide bonds. The first-order valence-electron chi connectivity index (χ1n) is 9.07. The van der Waals surface area contributed by atoms with Gasteiger partial charge in [-0.3, -0.25) is 4.79 Å². The van der Waals surface area contributed by atoms with Gasteiger partial charge < -0.3 is 14.6 Å². The maximum absolute atomic E-state index is 12.7. The van der Waals surface area contributed by atoms with Gasteiger partial charge in [-0.2, -0.15) is 0 Å². The topological polar surface area (TPSA) is 47.6 Å². The number of nitrogens with one attached hydrogen (secondary N) is 1. The molecule has 4 rings (SSSR count). The Morgan fingerprint density at radius 3 is 2.25 bits per heavy atom. The van der Waals surface area contributed by atoms with E-state index in [9.17, 15) is 4.79 Å². The summed E-state index contributed by atoms with van der Waals surface area (Å²) in [6.07, 6.45) is 5.41. The van der Waals surface area contributed by atoms with Crippen molar-refractivity contribution >= 4 is 24.2 Å². The molecule has 3 aliphatic rings. The van der Waals surface area contributed by atoms with Crippen LogP contribution in [-0.4, -0.2) is 24.2 Å². The third-order valence-electron chi connectivity index (χ3n) is 6.47. The highest BCUT2D eigenvalue weighted by atomic mass is 16.7. The molecule has 1 saturated carbocycles. The minimum absolute atomic E-state index is 0.170. The molecule has 0 bridgehead atoms. The lowest BCUT2D eigenvalue weighted by Gasteiger charge is -2.32. The Morgan fingerprint density at radius 1 is 1.00 bits per heavy atom. The van der Waals surface area contributed by atoms with Crippen molar-refractivity contribution in [1.29, 1.82) is 0 Å². The first kappa shape index (κ1) is 16.2. The molecule has 1 aromatic carbocycles. The van der Waals surface area contributed by atoms with Crippen molar-refractivity contribution in [3.8, 4) is 0 Å². The highest BCUT2D eigenvalue weighted by molar-refractivity contribution is 6.62. The van der Waals surface area contributed by atoms with E-state index in [-0.39, 0.29) is 29.6 Å². The number of carbonyl (C=O) groups excluding carboxylic acids is 1. The van der Waals surface area contributed by atoms with Crippen LogP contribution in [0.25, 0.3) is 0 Å². The summed E-state index contributed by atoms with van der Waals surface area (Å²) in [5, 5.41) is 3.11. The van der Waals surface area contributed by atoms with Crippen molar-refractivity contribution in [1.82, 2.24) is 0 Å². The number of rotatable bonds is 1. The maximum Gasteiger partial charge on any atom is 0.494 e. The van der Waals surface area contributed by atoms with Crippen LogP contribution < -0.4 is 10.8 Å². The van der Waals surface area contributed by atoms with E-state index in [1.54, 1.807) is 0 Å². The average Bonchev–Trinajstić information content (AvgIpc) is 2.91. The molecule has 1 N–H and O–H groups in total. The van der Waals surface area contributed by atoms with Crippen LogP contribution in [-0.2, 0) is 19.5 Å². The molecule has 2 heterocycles. The molecule has 1 spiro atoms. The second kappa shape index (κ2) is 5.09. The molecule has 2 aliphatic heterocycles. The summed E-state index contributed by atoms with van der Waals surface area (Å²) in [5.74, 6) is 0.170. The zero-order valence-corrected chi connectivity index (χ0v) is 15.1. The van der Waals surface area contributed by atoms with Gasteiger partial charge >= 0.3 is 7.12 Å². The third kappa shape index (κ3) is 2.17. The molecule has 24 heavy (non-hydrogen) atoms. The molecule has 4 nitrogen and oxygen atoms in total. The smallest absolute Gasteiger partial charge is 0.399 e. The van der Waals surface area contributed by atoms with E-state index in [0.717, 1.165) is 42.4 Å². The quantitative estimate of drug-likeness (QED) is 0.806. The molecule has 0 unspecified atom stereocenters. The first-order chi connectivity index (χ1) is 11.3. The predicted octanol–water partition coefficient (Wildman–Crippen LogP) is 3.14. The van der Waals surface area contributed by atoms with Gasteiger partial charge in [-0.05, 0) is 57.6 Å². The van der Waals surface area contributed by atoms with Gasteiger partial charge in [0.1, 0.15) is 0 Å². The number of fused-ring (bicyclic) bond motifs is 2. The molecule has 1 aromatic rings. The molecular weight excluding hydrogens is 301 g/mol. The van der Waals surface area contributed by atoms with Crippen molar-refractivity contribution in [3.63, 3.8) is 0 Å². The molecule has 1 saturated heterocycles. The zero-order valence-electron chi connectivity index (χ0n) is 15.1. The number of anilines is 1. The summed E-state index contributed by atoms with van der Waals surface area (Å²) in [6, 6.07) is 6.22. The van der Waals surface area contributed by atoms with Crippen LogP contribution in [0, 0.1) is 0 Å². The van der Waals surface area contributed by atoms with E-state index in [4.69, 9.17) is 9.31 Å². The standard InChI is InChI=1S/C19H26BNO3/c1-17(2)18(3,4)24-20(23-17)13-8-9-14-15(12-13)21-16(22)19(14)10-6-5-7-11-19/h8-9,12H,5-7,10-11H2,1-4H3,(H,21,22). The monoisotopic (exact) mass is 327 g/mol. The zero-order chi connectivity index (χ0) is 17.2. The van der Waals surface area contributed by atoms with Crippen molar-refractivity contribution < 1.29 is 14.1 Å². The van der Waals surface area contributed by atoms with Crippen LogP contribution in [0.4, 0.5) is 5.69 Å². The Labute approximate surface area is 144 Å². The molecule has 0 aromatic heterocycles. The Bertz CT molecular complexity index is 676. The molecule has 128 valence electrons. The van der Waals surface area contributed by atoms with Gasteiger partial charge in [0.15, 0.2) is 0 Å². The van der Waals surface area contributed by atoms with Crippen LogP contribution >= 0.6 is 0 Å². The fourth-order valence-electron chi connectivity index (χ4n) is 4.22. The van der Waals surface area contributed by atoms with Gasteiger partial charge in [-0.15, -0.1) is 0 Å². The van der Waals surface area contributed by atoms with E-state index < -0.39 is 0 Å². The summed E-state index contributed by atoms with van der Waals surface area (Å²) < 4.78 is 12.3. The van der Waals surface area contributed by atoms with Crippen molar-refractivity contribution in [3.05, 3.63) is 23.8 Å².